The number of anilines is 2. The zero-order valence-corrected chi connectivity index (χ0v) is 18.3. The van der Waals surface area contributed by atoms with Crippen molar-refractivity contribution in [2.45, 2.75) is 47.4 Å². The van der Waals surface area contributed by atoms with Gasteiger partial charge in [0.25, 0.3) is 0 Å². The maximum atomic E-state index is 12.2. The SMILES string of the molecule is COc1ccc(NC(=O)CSc2nnc(NC3CCCCC3)s2)cc1S(N)(=O)=O. The topological polar surface area (TPSA) is 136 Å². The molecule has 1 aromatic carbocycles. The summed E-state index contributed by atoms with van der Waals surface area (Å²) in [4.78, 5) is 12.0. The number of carbonyl (C=O) groups is 1. The molecule has 0 atom stereocenters. The van der Waals surface area contributed by atoms with Crippen molar-refractivity contribution >= 4 is 49.8 Å². The Morgan fingerprint density at radius 1 is 1.31 bits per heavy atom. The lowest BCUT2D eigenvalue weighted by Gasteiger charge is -2.21. The lowest BCUT2D eigenvalue weighted by Crippen LogP contribution is -2.21. The lowest BCUT2D eigenvalue weighted by atomic mass is 9.96. The number of hydrogen-bond acceptors (Lipinski definition) is 9. The van der Waals surface area contributed by atoms with E-state index in [1.807, 2.05) is 0 Å². The van der Waals surface area contributed by atoms with Gasteiger partial charge in [0.2, 0.25) is 21.1 Å². The molecule has 0 radical (unpaired) electrons. The summed E-state index contributed by atoms with van der Waals surface area (Å²) in [6, 6.07) is 4.71. The highest BCUT2D eigenvalue weighted by atomic mass is 32.2. The number of benzene rings is 1. The molecule has 4 N–H and O–H groups in total. The van der Waals surface area contributed by atoms with Crippen molar-refractivity contribution in [3.8, 4) is 5.75 Å². The molecule has 0 bridgehead atoms. The molecule has 1 fully saturated rings. The number of methoxy groups -OCH3 is 1. The van der Waals surface area contributed by atoms with Gasteiger partial charge in [0.15, 0.2) is 4.34 Å². The molecule has 9 nitrogen and oxygen atoms in total. The molecule has 12 heteroatoms. The number of hydrogen-bond donors (Lipinski definition) is 3. The smallest absolute Gasteiger partial charge is 0.241 e. The Morgan fingerprint density at radius 2 is 2.07 bits per heavy atom. The zero-order chi connectivity index (χ0) is 20.9. The molecule has 0 saturated heterocycles. The van der Waals surface area contributed by atoms with E-state index in [1.54, 1.807) is 6.07 Å². The third-order valence-electron chi connectivity index (χ3n) is 4.42. The van der Waals surface area contributed by atoms with E-state index < -0.39 is 10.0 Å². The number of nitrogens with two attached hydrogens (primary N) is 1. The van der Waals surface area contributed by atoms with Gasteiger partial charge in [-0.3, -0.25) is 4.79 Å². The first-order valence-electron chi connectivity index (χ1n) is 9.08. The fraction of sp³-hybridized carbons (Fsp3) is 0.471. The van der Waals surface area contributed by atoms with Crippen molar-refractivity contribution in [2.24, 2.45) is 5.14 Å². The number of nitrogens with one attached hydrogen (secondary N) is 2. The molecule has 158 valence electrons. The molecule has 3 rings (SSSR count). The maximum Gasteiger partial charge on any atom is 0.241 e. The van der Waals surface area contributed by atoms with Gasteiger partial charge in [-0.25, -0.2) is 13.6 Å². The number of nitrogens with zero attached hydrogens (tertiary/aromatic N) is 2. The summed E-state index contributed by atoms with van der Waals surface area (Å²) >= 11 is 2.70. The van der Waals surface area contributed by atoms with Crippen LogP contribution < -0.4 is 20.5 Å². The van der Waals surface area contributed by atoms with Crippen LogP contribution in [0, 0.1) is 0 Å². The summed E-state index contributed by atoms with van der Waals surface area (Å²) in [6.07, 6.45) is 6.05. The summed E-state index contributed by atoms with van der Waals surface area (Å²) in [7, 11) is -2.63. The van der Waals surface area contributed by atoms with Crippen molar-refractivity contribution < 1.29 is 17.9 Å². The minimum atomic E-state index is -3.97. The Morgan fingerprint density at radius 3 is 2.76 bits per heavy atom. The Hall–Kier alpha value is -1.89. The molecular formula is C17H23N5O4S3. The van der Waals surface area contributed by atoms with Gasteiger partial charge in [0.1, 0.15) is 10.6 Å². The number of aromatic nitrogens is 2. The second-order valence-electron chi connectivity index (χ2n) is 6.60. The van der Waals surface area contributed by atoms with Crippen LogP contribution in [-0.4, -0.2) is 43.4 Å². The number of sulfonamides is 1. The minimum absolute atomic E-state index is 0.117. The molecule has 1 aliphatic rings. The first-order chi connectivity index (χ1) is 13.8. The van der Waals surface area contributed by atoms with Crippen LogP contribution in [0.3, 0.4) is 0 Å². The average molecular weight is 458 g/mol. The van der Waals surface area contributed by atoms with Gasteiger partial charge in [0.05, 0.1) is 12.9 Å². The van der Waals surface area contributed by atoms with E-state index in [9.17, 15) is 13.2 Å². The molecule has 0 aliphatic heterocycles. The Labute approximate surface area is 177 Å². The summed E-state index contributed by atoms with van der Waals surface area (Å²) < 4.78 is 29.0. The van der Waals surface area contributed by atoms with Gasteiger partial charge in [-0.1, -0.05) is 42.4 Å². The van der Waals surface area contributed by atoms with Gasteiger partial charge >= 0.3 is 0 Å². The summed E-state index contributed by atoms with van der Waals surface area (Å²) in [5.74, 6) is -0.0568. The van der Waals surface area contributed by atoms with Crippen LogP contribution in [0.1, 0.15) is 32.1 Å². The second-order valence-corrected chi connectivity index (χ2v) is 10.3. The van der Waals surface area contributed by atoms with E-state index in [2.05, 4.69) is 20.8 Å². The predicted molar refractivity (Wildman–Crippen MR) is 114 cm³/mol. The fourth-order valence-electron chi connectivity index (χ4n) is 3.05. The van der Waals surface area contributed by atoms with Gasteiger partial charge in [-0.2, -0.15) is 0 Å². The monoisotopic (exact) mass is 457 g/mol. The van der Waals surface area contributed by atoms with Crippen LogP contribution >= 0.6 is 23.1 Å². The highest BCUT2D eigenvalue weighted by Gasteiger charge is 2.18. The predicted octanol–water partition coefficient (Wildman–Crippen LogP) is 2.67. The van der Waals surface area contributed by atoms with Crippen LogP contribution in [0.5, 0.6) is 5.75 Å². The van der Waals surface area contributed by atoms with Crippen LogP contribution in [0.4, 0.5) is 10.8 Å². The number of ether oxygens (including phenoxy) is 1. The molecular weight excluding hydrogens is 434 g/mol. The quantitative estimate of drug-likeness (QED) is 0.515. The van der Waals surface area contributed by atoms with Crippen molar-refractivity contribution in [1.29, 1.82) is 0 Å². The van der Waals surface area contributed by atoms with Gasteiger partial charge in [-0.05, 0) is 31.0 Å². The first-order valence-corrected chi connectivity index (χ1v) is 12.4. The van der Waals surface area contributed by atoms with Gasteiger partial charge < -0.3 is 15.4 Å². The average Bonchev–Trinajstić information content (AvgIpc) is 3.14. The number of carbonyl (C=O) groups excluding carboxylic acids is 1. The number of primary sulfonamides is 1. The summed E-state index contributed by atoms with van der Waals surface area (Å²) in [5, 5.41) is 20.3. The minimum Gasteiger partial charge on any atom is -0.495 e. The standard InChI is InChI=1S/C17H23N5O4S3/c1-26-13-8-7-12(9-14(13)29(18,24)25)19-15(23)10-27-17-22-21-16(28-17)20-11-5-3-2-4-6-11/h7-9,11H,2-6,10H2,1H3,(H,19,23)(H,20,21)(H2,18,24,25). The van der Waals surface area contributed by atoms with E-state index in [4.69, 9.17) is 9.88 Å². The molecule has 1 amide bonds. The molecule has 1 aromatic heterocycles. The Bertz CT molecular complexity index is 958. The molecule has 1 aliphatic carbocycles. The molecule has 2 aromatic rings. The van der Waals surface area contributed by atoms with Crippen LogP contribution in [0.15, 0.2) is 27.4 Å². The van der Waals surface area contributed by atoms with Crippen LogP contribution in [0.25, 0.3) is 0 Å². The maximum absolute atomic E-state index is 12.2. The van der Waals surface area contributed by atoms with Crippen molar-refractivity contribution in [3.05, 3.63) is 18.2 Å². The van der Waals surface area contributed by atoms with Crippen molar-refractivity contribution in [3.63, 3.8) is 0 Å². The highest BCUT2D eigenvalue weighted by molar-refractivity contribution is 8.01. The third-order valence-corrected chi connectivity index (χ3v) is 7.34. The largest absolute Gasteiger partial charge is 0.495 e. The number of thioether (sulfide) groups is 1. The number of amides is 1. The summed E-state index contributed by atoms with van der Waals surface area (Å²) in [6.45, 7) is 0. The Balaban J connectivity index is 1.54. The highest BCUT2D eigenvalue weighted by Crippen LogP contribution is 2.29. The van der Waals surface area contributed by atoms with Gasteiger partial charge in [-0.15, -0.1) is 10.2 Å². The summed E-state index contributed by atoms with van der Waals surface area (Å²) in [5.41, 5.74) is 0.317. The molecule has 0 spiro atoms. The van der Waals surface area contributed by atoms with E-state index in [1.165, 1.54) is 61.6 Å². The van der Waals surface area contributed by atoms with Crippen molar-refractivity contribution in [2.75, 3.05) is 23.5 Å². The molecule has 0 unspecified atom stereocenters. The molecule has 29 heavy (non-hydrogen) atoms. The number of rotatable bonds is 8. The second kappa shape index (κ2) is 9.74. The fourth-order valence-corrected chi connectivity index (χ4v) is 5.40. The first kappa shape index (κ1) is 21.8. The Kier molecular flexibility index (Phi) is 7.33. The lowest BCUT2D eigenvalue weighted by molar-refractivity contribution is -0.113. The normalized spacial score (nSPS) is 15.1. The molecule has 1 heterocycles. The van der Waals surface area contributed by atoms with E-state index >= 15 is 0 Å². The van der Waals surface area contributed by atoms with Crippen LogP contribution in [0.2, 0.25) is 0 Å². The zero-order valence-electron chi connectivity index (χ0n) is 15.9. The van der Waals surface area contributed by atoms with Gasteiger partial charge in [0, 0.05) is 11.7 Å². The molecule has 1 saturated carbocycles. The van der Waals surface area contributed by atoms with Crippen molar-refractivity contribution in [1.82, 2.24) is 10.2 Å². The van der Waals surface area contributed by atoms with Crippen LogP contribution in [-0.2, 0) is 14.8 Å². The van der Waals surface area contributed by atoms with E-state index in [0.29, 0.717) is 16.1 Å². The van der Waals surface area contributed by atoms with E-state index in [0.717, 1.165) is 18.0 Å². The third kappa shape index (κ3) is 6.29. The van der Waals surface area contributed by atoms with E-state index in [-0.39, 0.29) is 22.3 Å².